The molecule has 154 valence electrons. The number of amides is 1. The SMILES string of the molecule is CCCCCC(=O)NCCSC1c2ccccc2COc2ccc(C(=O)O)cc21. The summed E-state index contributed by atoms with van der Waals surface area (Å²) in [6, 6.07) is 13.1. The van der Waals surface area contributed by atoms with Crippen LogP contribution in [-0.4, -0.2) is 29.3 Å². The third-order valence-electron chi connectivity index (χ3n) is 4.98. The molecule has 6 heteroatoms. The molecule has 0 saturated heterocycles. The number of benzene rings is 2. The number of rotatable bonds is 9. The van der Waals surface area contributed by atoms with Crippen LogP contribution in [0.5, 0.6) is 5.75 Å². The van der Waals surface area contributed by atoms with E-state index in [9.17, 15) is 14.7 Å². The number of carbonyl (C=O) groups excluding carboxylic acids is 1. The predicted molar refractivity (Wildman–Crippen MR) is 116 cm³/mol. The van der Waals surface area contributed by atoms with Crippen LogP contribution in [-0.2, 0) is 11.4 Å². The van der Waals surface area contributed by atoms with E-state index in [-0.39, 0.29) is 16.7 Å². The normalized spacial score (nSPS) is 14.9. The van der Waals surface area contributed by atoms with Crippen molar-refractivity contribution in [2.75, 3.05) is 12.3 Å². The number of hydrogen-bond donors (Lipinski definition) is 2. The Hall–Kier alpha value is -2.47. The lowest BCUT2D eigenvalue weighted by molar-refractivity contribution is -0.121. The average Bonchev–Trinajstić information content (AvgIpc) is 2.88. The van der Waals surface area contributed by atoms with Gasteiger partial charge in [-0.2, -0.15) is 0 Å². The van der Waals surface area contributed by atoms with Crippen LogP contribution in [0.3, 0.4) is 0 Å². The Kier molecular flexibility index (Phi) is 7.58. The number of carboxylic acid groups (broad SMARTS) is 1. The van der Waals surface area contributed by atoms with E-state index in [1.807, 2.05) is 18.2 Å². The summed E-state index contributed by atoms with van der Waals surface area (Å²) in [7, 11) is 0. The Morgan fingerprint density at radius 3 is 2.79 bits per heavy atom. The summed E-state index contributed by atoms with van der Waals surface area (Å²) in [5, 5.41) is 12.4. The lowest BCUT2D eigenvalue weighted by atomic mass is 9.98. The van der Waals surface area contributed by atoms with E-state index in [0.29, 0.717) is 25.3 Å². The van der Waals surface area contributed by atoms with Crippen LogP contribution >= 0.6 is 11.8 Å². The molecule has 0 radical (unpaired) electrons. The molecule has 0 saturated carbocycles. The maximum atomic E-state index is 11.9. The molecule has 0 aromatic heterocycles. The van der Waals surface area contributed by atoms with Crippen molar-refractivity contribution in [1.29, 1.82) is 0 Å². The van der Waals surface area contributed by atoms with Gasteiger partial charge in [0.05, 0.1) is 10.8 Å². The molecule has 1 atom stereocenters. The molecule has 2 N–H and O–H groups in total. The second-order valence-electron chi connectivity index (χ2n) is 7.10. The Bertz CT molecular complexity index is 868. The molecule has 0 bridgehead atoms. The smallest absolute Gasteiger partial charge is 0.335 e. The van der Waals surface area contributed by atoms with Crippen LogP contribution in [0.25, 0.3) is 0 Å². The van der Waals surface area contributed by atoms with Gasteiger partial charge in [-0.15, -0.1) is 11.8 Å². The highest BCUT2D eigenvalue weighted by Gasteiger charge is 2.26. The van der Waals surface area contributed by atoms with Crippen LogP contribution in [0.4, 0.5) is 0 Å². The summed E-state index contributed by atoms with van der Waals surface area (Å²) in [5.41, 5.74) is 3.35. The zero-order valence-electron chi connectivity index (χ0n) is 16.6. The van der Waals surface area contributed by atoms with Gasteiger partial charge in [-0.25, -0.2) is 4.79 Å². The van der Waals surface area contributed by atoms with Crippen LogP contribution in [0.1, 0.15) is 64.9 Å². The molecule has 2 aromatic rings. The van der Waals surface area contributed by atoms with Crippen molar-refractivity contribution in [2.24, 2.45) is 0 Å². The molecule has 0 aliphatic carbocycles. The fourth-order valence-electron chi connectivity index (χ4n) is 3.43. The largest absolute Gasteiger partial charge is 0.489 e. The Morgan fingerprint density at radius 1 is 1.17 bits per heavy atom. The van der Waals surface area contributed by atoms with Gasteiger partial charge in [-0.05, 0) is 35.7 Å². The second-order valence-corrected chi connectivity index (χ2v) is 8.32. The molecule has 29 heavy (non-hydrogen) atoms. The molecule has 0 spiro atoms. The van der Waals surface area contributed by atoms with E-state index in [4.69, 9.17) is 4.74 Å². The molecule has 1 heterocycles. The first-order valence-electron chi connectivity index (χ1n) is 10.1. The summed E-state index contributed by atoms with van der Waals surface area (Å²) in [5.74, 6) is 0.591. The van der Waals surface area contributed by atoms with Crippen LogP contribution in [0, 0.1) is 0 Å². The van der Waals surface area contributed by atoms with E-state index >= 15 is 0 Å². The second kappa shape index (κ2) is 10.3. The molecular weight excluding hydrogens is 386 g/mol. The van der Waals surface area contributed by atoms with Gasteiger partial charge in [0.15, 0.2) is 0 Å². The first kappa shape index (κ1) is 21.2. The third-order valence-corrected chi connectivity index (χ3v) is 6.26. The molecule has 1 aliphatic heterocycles. The van der Waals surface area contributed by atoms with Crippen molar-refractivity contribution < 1.29 is 19.4 Å². The third kappa shape index (κ3) is 5.54. The quantitative estimate of drug-likeness (QED) is 0.578. The van der Waals surface area contributed by atoms with Gasteiger partial charge in [-0.1, -0.05) is 44.0 Å². The van der Waals surface area contributed by atoms with Gasteiger partial charge in [0.25, 0.3) is 0 Å². The fourth-order valence-corrected chi connectivity index (χ4v) is 4.66. The molecule has 5 nitrogen and oxygen atoms in total. The van der Waals surface area contributed by atoms with Gasteiger partial charge in [0, 0.05) is 24.3 Å². The molecule has 1 unspecified atom stereocenters. The first-order valence-corrected chi connectivity index (χ1v) is 11.1. The molecule has 1 amide bonds. The number of ether oxygens (including phenoxy) is 1. The topological polar surface area (TPSA) is 75.6 Å². The monoisotopic (exact) mass is 413 g/mol. The van der Waals surface area contributed by atoms with Gasteiger partial charge in [0.2, 0.25) is 5.91 Å². The zero-order valence-corrected chi connectivity index (χ0v) is 17.5. The summed E-state index contributed by atoms with van der Waals surface area (Å²) in [6.07, 6.45) is 3.67. The summed E-state index contributed by atoms with van der Waals surface area (Å²) in [6.45, 7) is 3.17. The van der Waals surface area contributed by atoms with Crippen molar-refractivity contribution in [3.8, 4) is 5.75 Å². The number of unbranched alkanes of at least 4 members (excludes halogenated alkanes) is 2. The highest BCUT2D eigenvalue weighted by atomic mass is 32.2. The maximum Gasteiger partial charge on any atom is 0.335 e. The minimum absolute atomic E-state index is 0.0417. The van der Waals surface area contributed by atoms with E-state index < -0.39 is 5.97 Å². The number of hydrogen-bond acceptors (Lipinski definition) is 4. The Labute approximate surface area is 175 Å². The van der Waals surface area contributed by atoms with Gasteiger partial charge in [0.1, 0.15) is 12.4 Å². The van der Waals surface area contributed by atoms with Crippen LogP contribution in [0.2, 0.25) is 0 Å². The zero-order chi connectivity index (χ0) is 20.6. The van der Waals surface area contributed by atoms with E-state index in [1.54, 1.807) is 30.0 Å². The van der Waals surface area contributed by atoms with Crippen molar-refractivity contribution >= 4 is 23.6 Å². The standard InChI is InChI=1S/C23H27NO4S/c1-2-3-4-9-21(25)24-12-13-29-22-18-8-6-5-7-17(18)15-28-20-11-10-16(23(26)27)14-19(20)22/h5-8,10-11,14,22H,2-4,9,12-13,15H2,1H3,(H,24,25)(H,26,27). The van der Waals surface area contributed by atoms with Crippen molar-refractivity contribution in [1.82, 2.24) is 5.32 Å². The maximum absolute atomic E-state index is 11.9. The number of carbonyl (C=O) groups is 2. The minimum Gasteiger partial charge on any atom is -0.489 e. The lowest BCUT2D eigenvalue weighted by Crippen LogP contribution is -2.25. The number of aromatic carboxylic acids is 1. The van der Waals surface area contributed by atoms with Gasteiger partial charge < -0.3 is 15.2 Å². The number of fused-ring (bicyclic) bond motifs is 2. The summed E-state index contributed by atoms with van der Waals surface area (Å²) in [4.78, 5) is 23.4. The fraction of sp³-hybridized carbons (Fsp3) is 0.391. The van der Waals surface area contributed by atoms with E-state index in [2.05, 4.69) is 18.3 Å². The van der Waals surface area contributed by atoms with Crippen molar-refractivity contribution in [3.05, 3.63) is 64.7 Å². The van der Waals surface area contributed by atoms with E-state index in [0.717, 1.165) is 41.7 Å². The first-order chi connectivity index (χ1) is 14.1. The van der Waals surface area contributed by atoms with Gasteiger partial charge >= 0.3 is 5.97 Å². The lowest BCUT2D eigenvalue weighted by Gasteiger charge is -2.19. The van der Waals surface area contributed by atoms with Crippen LogP contribution in [0.15, 0.2) is 42.5 Å². The highest BCUT2D eigenvalue weighted by molar-refractivity contribution is 7.99. The van der Waals surface area contributed by atoms with E-state index in [1.165, 1.54) is 0 Å². The predicted octanol–water partition coefficient (Wildman–Crippen LogP) is 4.80. The van der Waals surface area contributed by atoms with Crippen molar-refractivity contribution in [2.45, 2.75) is 44.5 Å². The van der Waals surface area contributed by atoms with Gasteiger partial charge in [-0.3, -0.25) is 4.79 Å². The Balaban J connectivity index is 1.73. The molecule has 2 aromatic carbocycles. The minimum atomic E-state index is -0.951. The number of thioether (sulfide) groups is 1. The number of nitrogens with one attached hydrogen (secondary N) is 1. The molecule has 1 aliphatic rings. The highest BCUT2D eigenvalue weighted by Crippen LogP contribution is 2.44. The summed E-state index contributed by atoms with van der Waals surface area (Å²) >= 11 is 1.70. The Morgan fingerprint density at radius 2 is 2.00 bits per heavy atom. The molecule has 3 rings (SSSR count). The molecule has 0 fully saturated rings. The molecular formula is C23H27NO4S. The summed E-state index contributed by atoms with van der Waals surface area (Å²) < 4.78 is 5.96. The average molecular weight is 414 g/mol. The van der Waals surface area contributed by atoms with Crippen molar-refractivity contribution in [3.63, 3.8) is 0 Å². The van der Waals surface area contributed by atoms with Crippen LogP contribution < -0.4 is 10.1 Å². The number of carboxylic acids is 1.